The fourth-order valence-corrected chi connectivity index (χ4v) is 1.74. The van der Waals surface area contributed by atoms with E-state index in [0.717, 1.165) is 18.7 Å². The van der Waals surface area contributed by atoms with Crippen LogP contribution >= 0.6 is 0 Å². The molecule has 0 aliphatic rings. The molecule has 0 amide bonds. The van der Waals surface area contributed by atoms with Crippen molar-refractivity contribution in [2.45, 2.75) is 19.8 Å². The third-order valence-corrected chi connectivity index (χ3v) is 2.74. The summed E-state index contributed by atoms with van der Waals surface area (Å²) in [5, 5.41) is 3.21. The van der Waals surface area contributed by atoms with E-state index < -0.39 is 0 Å². The average molecular weight is 251 g/mol. The lowest BCUT2D eigenvalue weighted by Gasteiger charge is -2.10. The lowest BCUT2D eigenvalue weighted by atomic mass is 10.1. The van der Waals surface area contributed by atoms with Crippen molar-refractivity contribution in [1.29, 1.82) is 0 Å². The fourth-order valence-electron chi connectivity index (χ4n) is 1.74. The smallest absolute Gasteiger partial charge is 0.306 e. The van der Waals surface area contributed by atoms with Crippen LogP contribution in [0.4, 0.5) is 0 Å². The first kappa shape index (κ1) is 14.5. The van der Waals surface area contributed by atoms with Gasteiger partial charge in [-0.3, -0.25) is 4.79 Å². The first-order valence-electron chi connectivity index (χ1n) is 6.08. The summed E-state index contributed by atoms with van der Waals surface area (Å²) in [7, 11) is 3.08. The average Bonchev–Trinajstić information content (AvgIpc) is 2.38. The van der Waals surface area contributed by atoms with E-state index in [1.165, 1.54) is 18.2 Å². The molecule has 0 bridgehead atoms. The van der Waals surface area contributed by atoms with E-state index in [2.05, 4.69) is 23.0 Å². The Morgan fingerprint density at radius 3 is 2.72 bits per heavy atom. The van der Waals surface area contributed by atoms with Crippen LogP contribution in [-0.4, -0.2) is 33.3 Å². The largest absolute Gasteiger partial charge is 0.496 e. The number of carbonyl (C=O) groups excluding carboxylic acids is 1. The summed E-state index contributed by atoms with van der Waals surface area (Å²) >= 11 is 0. The summed E-state index contributed by atoms with van der Waals surface area (Å²) in [5.74, 6) is 0.728. The summed E-state index contributed by atoms with van der Waals surface area (Å²) in [6.07, 6.45) is 1.29. The predicted octanol–water partition coefficient (Wildman–Crippen LogP) is 1.70. The first-order valence-corrected chi connectivity index (χ1v) is 6.08. The van der Waals surface area contributed by atoms with Crippen LogP contribution in [0.1, 0.15) is 17.5 Å². The highest BCUT2D eigenvalue weighted by molar-refractivity contribution is 5.69. The molecule has 0 aromatic heterocycles. The number of esters is 1. The van der Waals surface area contributed by atoms with Gasteiger partial charge in [0, 0.05) is 6.54 Å². The van der Waals surface area contributed by atoms with Gasteiger partial charge in [-0.15, -0.1) is 0 Å². The topological polar surface area (TPSA) is 47.6 Å². The quantitative estimate of drug-likeness (QED) is 0.592. The number of benzene rings is 1. The Kier molecular flexibility index (Phi) is 6.22. The van der Waals surface area contributed by atoms with Gasteiger partial charge in [-0.25, -0.2) is 0 Å². The summed E-state index contributed by atoms with van der Waals surface area (Å²) in [6.45, 7) is 3.52. The maximum absolute atomic E-state index is 10.9. The van der Waals surface area contributed by atoms with Gasteiger partial charge in [0.15, 0.2) is 0 Å². The van der Waals surface area contributed by atoms with Crippen molar-refractivity contribution in [2.75, 3.05) is 27.3 Å². The van der Waals surface area contributed by atoms with Gasteiger partial charge in [-0.1, -0.05) is 17.7 Å². The molecule has 100 valence electrons. The van der Waals surface area contributed by atoms with Crippen LogP contribution in [0.3, 0.4) is 0 Å². The highest BCUT2D eigenvalue weighted by Crippen LogP contribution is 2.19. The third kappa shape index (κ3) is 4.75. The van der Waals surface area contributed by atoms with E-state index in [-0.39, 0.29) is 5.97 Å². The molecule has 0 unspecified atom stereocenters. The van der Waals surface area contributed by atoms with Gasteiger partial charge in [0.05, 0.1) is 20.6 Å². The fraction of sp³-hybridized carbons (Fsp3) is 0.500. The third-order valence-electron chi connectivity index (χ3n) is 2.74. The maximum atomic E-state index is 10.9. The number of aryl methyl sites for hydroxylation is 1. The van der Waals surface area contributed by atoms with E-state index in [0.29, 0.717) is 13.0 Å². The van der Waals surface area contributed by atoms with Gasteiger partial charge in [0.25, 0.3) is 0 Å². The highest BCUT2D eigenvalue weighted by Gasteiger charge is 2.03. The minimum atomic E-state index is -0.185. The standard InChI is InChI=1S/C14H21NO3/c1-11-4-5-13(17-2)12(10-11)6-8-15-9-7-14(16)18-3/h4-5,10,15H,6-9H2,1-3H3. The van der Waals surface area contributed by atoms with Gasteiger partial charge in [0.1, 0.15) is 5.75 Å². The summed E-state index contributed by atoms with van der Waals surface area (Å²) in [4.78, 5) is 10.9. The molecule has 1 aromatic carbocycles. The monoisotopic (exact) mass is 251 g/mol. The van der Waals surface area contributed by atoms with E-state index >= 15 is 0 Å². The molecule has 4 nitrogen and oxygen atoms in total. The summed E-state index contributed by atoms with van der Waals surface area (Å²) in [5.41, 5.74) is 2.41. The maximum Gasteiger partial charge on any atom is 0.306 e. The molecule has 0 atom stereocenters. The zero-order valence-electron chi connectivity index (χ0n) is 11.3. The van der Waals surface area contributed by atoms with Gasteiger partial charge in [-0.05, 0) is 31.5 Å². The van der Waals surface area contributed by atoms with Crippen molar-refractivity contribution in [1.82, 2.24) is 5.32 Å². The van der Waals surface area contributed by atoms with Crippen LogP contribution in [0.25, 0.3) is 0 Å². The summed E-state index contributed by atoms with van der Waals surface area (Å²) < 4.78 is 9.88. The lowest BCUT2D eigenvalue weighted by molar-refractivity contribution is -0.140. The van der Waals surface area contributed by atoms with E-state index in [9.17, 15) is 4.79 Å². The van der Waals surface area contributed by atoms with Crippen LogP contribution in [0.2, 0.25) is 0 Å². The van der Waals surface area contributed by atoms with Crippen LogP contribution in [0.15, 0.2) is 18.2 Å². The molecule has 0 heterocycles. The van der Waals surface area contributed by atoms with Crippen LogP contribution in [0, 0.1) is 6.92 Å². The minimum Gasteiger partial charge on any atom is -0.496 e. The van der Waals surface area contributed by atoms with Gasteiger partial charge in [0.2, 0.25) is 0 Å². The second kappa shape index (κ2) is 7.71. The molecule has 0 aliphatic heterocycles. The number of carbonyl (C=O) groups is 1. The Morgan fingerprint density at radius 2 is 2.06 bits per heavy atom. The Morgan fingerprint density at radius 1 is 1.28 bits per heavy atom. The zero-order chi connectivity index (χ0) is 13.4. The van der Waals surface area contributed by atoms with E-state index in [4.69, 9.17) is 4.74 Å². The first-order chi connectivity index (χ1) is 8.67. The number of hydrogen-bond donors (Lipinski definition) is 1. The molecule has 0 fully saturated rings. The number of hydrogen-bond acceptors (Lipinski definition) is 4. The molecule has 4 heteroatoms. The van der Waals surface area contributed by atoms with Crippen LogP contribution in [0.5, 0.6) is 5.75 Å². The highest BCUT2D eigenvalue weighted by atomic mass is 16.5. The number of nitrogens with one attached hydrogen (secondary N) is 1. The molecule has 18 heavy (non-hydrogen) atoms. The Balaban J connectivity index is 2.34. The van der Waals surface area contributed by atoms with Crippen molar-refractivity contribution in [3.63, 3.8) is 0 Å². The number of rotatable bonds is 7. The van der Waals surface area contributed by atoms with Crippen LogP contribution in [-0.2, 0) is 16.0 Å². The van der Waals surface area contributed by atoms with Gasteiger partial charge < -0.3 is 14.8 Å². The molecular weight excluding hydrogens is 230 g/mol. The molecule has 0 saturated carbocycles. The lowest BCUT2D eigenvalue weighted by Crippen LogP contribution is -2.21. The molecule has 0 radical (unpaired) electrons. The molecule has 1 rings (SSSR count). The van der Waals surface area contributed by atoms with Crippen molar-refractivity contribution < 1.29 is 14.3 Å². The van der Waals surface area contributed by atoms with Crippen molar-refractivity contribution >= 4 is 5.97 Å². The Hall–Kier alpha value is -1.55. The summed E-state index contributed by atoms with van der Waals surface area (Å²) in [6, 6.07) is 6.15. The second-order valence-corrected chi connectivity index (χ2v) is 4.14. The zero-order valence-corrected chi connectivity index (χ0v) is 11.3. The van der Waals surface area contributed by atoms with E-state index in [1.807, 2.05) is 12.1 Å². The molecular formula is C14H21NO3. The SMILES string of the molecule is COC(=O)CCNCCc1cc(C)ccc1OC. The predicted molar refractivity (Wildman–Crippen MR) is 70.9 cm³/mol. The number of ether oxygens (including phenoxy) is 2. The molecule has 0 spiro atoms. The van der Waals surface area contributed by atoms with Gasteiger partial charge >= 0.3 is 5.97 Å². The van der Waals surface area contributed by atoms with Crippen LogP contribution < -0.4 is 10.1 Å². The van der Waals surface area contributed by atoms with E-state index in [1.54, 1.807) is 7.11 Å². The normalized spacial score (nSPS) is 10.2. The Bertz CT molecular complexity index is 391. The second-order valence-electron chi connectivity index (χ2n) is 4.14. The molecule has 1 N–H and O–H groups in total. The molecule has 0 aliphatic carbocycles. The van der Waals surface area contributed by atoms with Gasteiger partial charge in [-0.2, -0.15) is 0 Å². The van der Waals surface area contributed by atoms with Crippen molar-refractivity contribution in [3.8, 4) is 5.75 Å². The van der Waals surface area contributed by atoms with Crippen molar-refractivity contribution in [2.24, 2.45) is 0 Å². The van der Waals surface area contributed by atoms with Crippen molar-refractivity contribution in [3.05, 3.63) is 29.3 Å². The molecule has 1 aromatic rings. The molecule has 0 saturated heterocycles. The Labute approximate surface area is 108 Å². The minimum absolute atomic E-state index is 0.185. The number of methoxy groups -OCH3 is 2.